The van der Waals surface area contributed by atoms with Crippen molar-refractivity contribution in [1.82, 2.24) is 5.32 Å². The van der Waals surface area contributed by atoms with Gasteiger partial charge in [0.15, 0.2) is 0 Å². The van der Waals surface area contributed by atoms with Gasteiger partial charge >= 0.3 is 18.0 Å². The van der Waals surface area contributed by atoms with Crippen LogP contribution in [-0.2, 0) is 25.7 Å². The molecule has 0 heterocycles. The normalized spacial score (nSPS) is 11.4. The van der Waals surface area contributed by atoms with Crippen LogP contribution in [0.2, 0.25) is 0 Å². The number of rotatable bonds is 10. The number of alkyl carbamates (subject to hydrolysis) is 1. The van der Waals surface area contributed by atoms with Crippen LogP contribution in [0.3, 0.4) is 0 Å². The van der Waals surface area contributed by atoms with E-state index in [1.165, 1.54) is 0 Å². The lowest BCUT2D eigenvalue weighted by atomic mass is 10.1. The quantitative estimate of drug-likeness (QED) is 0.502. The van der Waals surface area contributed by atoms with Crippen LogP contribution < -0.4 is 5.32 Å². The highest BCUT2D eigenvalue weighted by atomic mass is 16.5. The first kappa shape index (κ1) is 19.5. The van der Waals surface area contributed by atoms with E-state index in [4.69, 9.17) is 14.6 Å². The van der Waals surface area contributed by atoms with Crippen molar-refractivity contribution in [2.24, 2.45) is 0 Å². The summed E-state index contributed by atoms with van der Waals surface area (Å²) in [6.45, 7) is 2.33. The molecule has 7 nitrogen and oxygen atoms in total. The number of carbonyl (C=O) groups excluding carboxylic acids is 2. The first-order valence-corrected chi connectivity index (χ1v) is 7.88. The Labute approximate surface area is 141 Å². The fourth-order valence-corrected chi connectivity index (χ4v) is 1.83. The van der Waals surface area contributed by atoms with Gasteiger partial charge in [-0.25, -0.2) is 9.59 Å². The van der Waals surface area contributed by atoms with Crippen molar-refractivity contribution >= 4 is 18.0 Å². The van der Waals surface area contributed by atoms with E-state index in [-0.39, 0.29) is 19.4 Å². The summed E-state index contributed by atoms with van der Waals surface area (Å²) in [5.74, 6) is -1.71. The molecule has 0 aliphatic heterocycles. The Hall–Kier alpha value is -2.57. The fraction of sp³-hybridized carbons (Fsp3) is 0.471. The van der Waals surface area contributed by atoms with Crippen molar-refractivity contribution in [3.63, 3.8) is 0 Å². The predicted octanol–water partition coefficient (Wildman–Crippen LogP) is 2.49. The minimum Gasteiger partial charge on any atom is -0.480 e. The third kappa shape index (κ3) is 8.17. The molecule has 1 atom stereocenters. The number of esters is 1. The molecule has 0 unspecified atom stereocenters. The molecule has 0 spiro atoms. The van der Waals surface area contributed by atoms with E-state index in [1.807, 2.05) is 13.0 Å². The highest BCUT2D eigenvalue weighted by Crippen LogP contribution is 2.04. The number of unbranched alkanes of at least 4 members (excludes halogenated alkanes) is 1. The minimum absolute atomic E-state index is 0.0398. The van der Waals surface area contributed by atoms with E-state index >= 15 is 0 Å². The highest BCUT2D eigenvalue weighted by molar-refractivity contribution is 5.80. The number of amides is 1. The molecule has 7 heteroatoms. The summed E-state index contributed by atoms with van der Waals surface area (Å²) >= 11 is 0. The maximum Gasteiger partial charge on any atom is 0.408 e. The van der Waals surface area contributed by atoms with Gasteiger partial charge in [0.25, 0.3) is 0 Å². The summed E-state index contributed by atoms with van der Waals surface area (Å²) in [5.41, 5.74) is 0.791. The van der Waals surface area contributed by atoms with Crippen molar-refractivity contribution < 1.29 is 29.0 Å². The summed E-state index contributed by atoms with van der Waals surface area (Å²) in [6, 6.07) is 7.82. The Kier molecular flexibility index (Phi) is 8.96. The summed E-state index contributed by atoms with van der Waals surface area (Å²) in [5, 5.41) is 11.4. The van der Waals surface area contributed by atoms with Crippen LogP contribution in [0.4, 0.5) is 4.79 Å². The number of carboxylic acids is 1. The number of aliphatic carboxylic acids is 1. The fourth-order valence-electron chi connectivity index (χ4n) is 1.83. The number of benzene rings is 1. The first-order valence-electron chi connectivity index (χ1n) is 7.88. The van der Waals surface area contributed by atoms with Crippen molar-refractivity contribution in [2.75, 3.05) is 6.61 Å². The zero-order chi connectivity index (χ0) is 17.8. The molecule has 0 saturated carbocycles. The largest absolute Gasteiger partial charge is 0.480 e. The number of hydrogen-bond acceptors (Lipinski definition) is 5. The van der Waals surface area contributed by atoms with Crippen molar-refractivity contribution in [2.45, 2.75) is 45.3 Å². The molecule has 0 aliphatic rings. The van der Waals surface area contributed by atoms with Gasteiger partial charge in [-0.1, -0.05) is 43.7 Å². The monoisotopic (exact) mass is 337 g/mol. The van der Waals surface area contributed by atoms with Crippen LogP contribution in [0, 0.1) is 0 Å². The number of ether oxygens (including phenoxy) is 2. The van der Waals surface area contributed by atoms with Crippen molar-refractivity contribution in [3.05, 3.63) is 35.9 Å². The zero-order valence-corrected chi connectivity index (χ0v) is 13.7. The van der Waals surface area contributed by atoms with Gasteiger partial charge in [0, 0.05) is 6.42 Å². The van der Waals surface area contributed by atoms with Crippen LogP contribution in [0.15, 0.2) is 30.3 Å². The topological polar surface area (TPSA) is 102 Å². The van der Waals surface area contributed by atoms with E-state index < -0.39 is 24.1 Å². The standard InChI is InChI=1S/C17H23NO6/c1-2-3-11-23-15(19)10-9-14(16(20)21)18-17(22)24-12-13-7-5-4-6-8-13/h4-8,14H,2-3,9-12H2,1H3,(H,18,22)(H,20,21)/t14-/m0/s1. The second-order valence-electron chi connectivity index (χ2n) is 5.21. The average Bonchev–Trinajstić information content (AvgIpc) is 2.57. The Bertz CT molecular complexity index is 531. The smallest absolute Gasteiger partial charge is 0.408 e. The zero-order valence-electron chi connectivity index (χ0n) is 13.7. The molecule has 1 rings (SSSR count). The van der Waals surface area contributed by atoms with Crippen LogP contribution in [0.1, 0.15) is 38.2 Å². The molecule has 132 valence electrons. The third-order valence-electron chi connectivity index (χ3n) is 3.20. The molecule has 0 bridgehead atoms. The van der Waals surface area contributed by atoms with Gasteiger partial charge in [-0.15, -0.1) is 0 Å². The van der Waals surface area contributed by atoms with Crippen LogP contribution in [0.5, 0.6) is 0 Å². The number of carboxylic acid groups (broad SMARTS) is 1. The van der Waals surface area contributed by atoms with E-state index in [0.717, 1.165) is 18.4 Å². The van der Waals surface area contributed by atoms with Crippen molar-refractivity contribution in [1.29, 1.82) is 0 Å². The molecule has 1 amide bonds. The van der Waals surface area contributed by atoms with Gasteiger partial charge in [0.1, 0.15) is 12.6 Å². The van der Waals surface area contributed by atoms with Gasteiger partial charge in [-0.3, -0.25) is 4.79 Å². The molecule has 2 N–H and O–H groups in total. The second kappa shape index (κ2) is 11.0. The molecule has 0 fully saturated rings. The minimum atomic E-state index is -1.23. The Morgan fingerprint density at radius 2 is 1.88 bits per heavy atom. The lowest BCUT2D eigenvalue weighted by Gasteiger charge is -2.14. The average molecular weight is 337 g/mol. The summed E-state index contributed by atoms with van der Waals surface area (Å²) in [4.78, 5) is 34.3. The summed E-state index contributed by atoms with van der Waals surface area (Å²) in [6.07, 6.45) is 0.684. The Morgan fingerprint density at radius 3 is 2.50 bits per heavy atom. The Balaban J connectivity index is 2.35. The molecule has 0 aromatic heterocycles. The third-order valence-corrected chi connectivity index (χ3v) is 3.20. The van der Waals surface area contributed by atoms with E-state index in [0.29, 0.717) is 6.61 Å². The molecular weight excluding hydrogens is 314 g/mol. The summed E-state index contributed by atoms with van der Waals surface area (Å²) < 4.78 is 9.91. The maximum atomic E-state index is 11.7. The van der Waals surface area contributed by atoms with E-state index in [2.05, 4.69) is 5.32 Å². The van der Waals surface area contributed by atoms with E-state index in [1.54, 1.807) is 24.3 Å². The maximum absolute atomic E-state index is 11.7. The van der Waals surface area contributed by atoms with Gasteiger partial charge in [-0.05, 0) is 18.4 Å². The lowest BCUT2D eigenvalue weighted by molar-refractivity contribution is -0.144. The highest BCUT2D eigenvalue weighted by Gasteiger charge is 2.22. The van der Waals surface area contributed by atoms with Gasteiger partial charge in [0.2, 0.25) is 0 Å². The van der Waals surface area contributed by atoms with Crippen LogP contribution >= 0.6 is 0 Å². The first-order chi connectivity index (χ1) is 11.5. The second-order valence-corrected chi connectivity index (χ2v) is 5.21. The molecule has 0 radical (unpaired) electrons. The Morgan fingerprint density at radius 1 is 1.17 bits per heavy atom. The van der Waals surface area contributed by atoms with Crippen LogP contribution in [0.25, 0.3) is 0 Å². The molecule has 1 aromatic carbocycles. The number of carbonyl (C=O) groups is 3. The van der Waals surface area contributed by atoms with Gasteiger partial charge < -0.3 is 19.9 Å². The molecule has 24 heavy (non-hydrogen) atoms. The van der Waals surface area contributed by atoms with E-state index in [9.17, 15) is 14.4 Å². The SMILES string of the molecule is CCCCOC(=O)CC[C@H](NC(=O)OCc1ccccc1)C(=O)O. The van der Waals surface area contributed by atoms with Gasteiger partial charge in [0.05, 0.1) is 6.61 Å². The predicted molar refractivity (Wildman–Crippen MR) is 86.3 cm³/mol. The van der Waals surface area contributed by atoms with Gasteiger partial charge in [-0.2, -0.15) is 0 Å². The van der Waals surface area contributed by atoms with Crippen LogP contribution in [-0.4, -0.2) is 35.8 Å². The molecule has 0 aliphatic carbocycles. The molecule has 0 saturated heterocycles. The summed E-state index contributed by atoms with van der Waals surface area (Å²) in [7, 11) is 0. The number of hydrogen-bond donors (Lipinski definition) is 2. The molecule has 1 aromatic rings. The number of nitrogens with one attached hydrogen (secondary N) is 1. The molecular formula is C17H23NO6. The lowest BCUT2D eigenvalue weighted by Crippen LogP contribution is -2.41. The van der Waals surface area contributed by atoms with Crippen molar-refractivity contribution in [3.8, 4) is 0 Å².